The minimum atomic E-state index is -0.105. The van der Waals surface area contributed by atoms with Crippen LogP contribution in [0.4, 0.5) is 5.13 Å². The zero-order valence-corrected chi connectivity index (χ0v) is 18.9. The second-order valence-electron chi connectivity index (χ2n) is 7.74. The van der Waals surface area contributed by atoms with E-state index in [1.807, 2.05) is 61.8 Å². The smallest absolute Gasteiger partial charge is 0.184 e. The summed E-state index contributed by atoms with van der Waals surface area (Å²) in [4.78, 5) is 9.08. The zero-order chi connectivity index (χ0) is 22.6. The first-order valence-corrected chi connectivity index (χ1v) is 11.4. The van der Waals surface area contributed by atoms with Gasteiger partial charge in [-0.2, -0.15) is 5.10 Å². The number of aromatic nitrogens is 4. The lowest BCUT2D eigenvalue weighted by Gasteiger charge is -2.15. The fourth-order valence-electron chi connectivity index (χ4n) is 3.59. The van der Waals surface area contributed by atoms with E-state index in [2.05, 4.69) is 32.5 Å². The number of fused-ring (bicyclic) bond motifs is 1. The summed E-state index contributed by atoms with van der Waals surface area (Å²) in [5, 5.41) is 18.2. The van der Waals surface area contributed by atoms with Gasteiger partial charge in [0.25, 0.3) is 0 Å². The molecular weight excluding hydrogens is 434 g/mol. The number of aliphatic hydroxyl groups is 1. The molecule has 3 heterocycles. The van der Waals surface area contributed by atoms with Crippen molar-refractivity contribution < 1.29 is 9.84 Å². The van der Waals surface area contributed by atoms with Gasteiger partial charge in [0.15, 0.2) is 5.13 Å². The Hall–Kier alpha value is -3.75. The molecule has 2 N–H and O–H groups in total. The predicted octanol–water partition coefficient (Wildman–Crippen LogP) is 4.90. The number of aliphatic hydroxyl groups excluding tert-OH is 1. The fraction of sp³-hybridized carbons (Fsp3) is 0.160. The highest BCUT2D eigenvalue weighted by atomic mass is 32.1. The lowest BCUT2D eigenvalue weighted by molar-refractivity contribution is 0.273. The van der Waals surface area contributed by atoms with Gasteiger partial charge in [-0.05, 0) is 30.2 Å². The number of hydrogen-bond donors (Lipinski definition) is 2. The van der Waals surface area contributed by atoms with Crippen molar-refractivity contribution >= 4 is 26.7 Å². The van der Waals surface area contributed by atoms with E-state index in [-0.39, 0.29) is 12.6 Å². The lowest BCUT2D eigenvalue weighted by atomic mass is 10.1. The Bertz CT molecular complexity index is 1370. The summed E-state index contributed by atoms with van der Waals surface area (Å²) in [7, 11) is 1.88. The molecule has 33 heavy (non-hydrogen) atoms. The van der Waals surface area contributed by atoms with Crippen molar-refractivity contribution in [2.45, 2.75) is 12.5 Å². The number of aryl methyl sites for hydroxylation is 1. The van der Waals surface area contributed by atoms with Gasteiger partial charge in [-0.25, -0.2) is 4.98 Å². The molecular formula is C25H23N5O2S. The average molecular weight is 458 g/mol. The van der Waals surface area contributed by atoms with Crippen molar-refractivity contribution in [1.82, 2.24) is 19.7 Å². The molecule has 1 unspecified atom stereocenters. The number of rotatable bonds is 8. The summed E-state index contributed by atoms with van der Waals surface area (Å²) in [6.45, 7) is 0.0283. The first-order chi connectivity index (χ1) is 16.2. The van der Waals surface area contributed by atoms with Gasteiger partial charge in [0.1, 0.15) is 11.5 Å². The Morgan fingerprint density at radius 2 is 1.94 bits per heavy atom. The molecule has 2 aromatic carbocycles. The third-order valence-electron chi connectivity index (χ3n) is 5.20. The molecule has 0 fully saturated rings. The van der Waals surface area contributed by atoms with Gasteiger partial charge in [0.2, 0.25) is 0 Å². The summed E-state index contributed by atoms with van der Waals surface area (Å²) < 4.78 is 8.85. The van der Waals surface area contributed by atoms with Gasteiger partial charge in [-0.3, -0.25) is 9.67 Å². The molecule has 0 spiro atoms. The summed E-state index contributed by atoms with van der Waals surface area (Å²) in [5.74, 6) is 1.43. The first kappa shape index (κ1) is 21.1. The molecule has 0 radical (unpaired) electrons. The summed E-state index contributed by atoms with van der Waals surface area (Å²) in [6, 6.07) is 19.6. The minimum Gasteiger partial charge on any atom is -0.457 e. The Kier molecular flexibility index (Phi) is 6.01. The van der Waals surface area contributed by atoms with Crippen LogP contribution < -0.4 is 10.1 Å². The van der Waals surface area contributed by atoms with Crippen LogP contribution in [0.1, 0.15) is 5.56 Å². The minimum absolute atomic E-state index is 0.0283. The van der Waals surface area contributed by atoms with Crippen LogP contribution in [-0.2, 0) is 13.5 Å². The molecule has 0 saturated carbocycles. The second-order valence-corrected chi connectivity index (χ2v) is 8.77. The molecule has 8 heteroatoms. The molecule has 1 atom stereocenters. The fourth-order valence-corrected chi connectivity index (χ4v) is 4.56. The van der Waals surface area contributed by atoms with E-state index in [1.54, 1.807) is 28.4 Å². The highest BCUT2D eigenvalue weighted by molar-refractivity contribution is 7.22. The van der Waals surface area contributed by atoms with Crippen molar-refractivity contribution in [3.8, 4) is 22.8 Å². The number of pyridine rings is 1. The molecule has 166 valence electrons. The predicted molar refractivity (Wildman–Crippen MR) is 131 cm³/mol. The Balaban J connectivity index is 1.31. The van der Waals surface area contributed by atoms with Crippen molar-refractivity contribution in [1.29, 1.82) is 0 Å². The van der Waals surface area contributed by atoms with Crippen LogP contribution in [0.3, 0.4) is 0 Å². The number of hydrogen-bond acceptors (Lipinski definition) is 7. The molecule has 7 nitrogen and oxygen atoms in total. The van der Waals surface area contributed by atoms with Gasteiger partial charge in [0, 0.05) is 37.1 Å². The van der Waals surface area contributed by atoms with Crippen LogP contribution in [0.5, 0.6) is 11.5 Å². The molecule has 0 saturated heterocycles. The third kappa shape index (κ3) is 5.02. The van der Waals surface area contributed by atoms with Crippen LogP contribution in [0.15, 0.2) is 79.3 Å². The first-order valence-electron chi connectivity index (χ1n) is 10.6. The maximum atomic E-state index is 9.82. The Labute approximate surface area is 195 Å². The topological polar surface area (TPSA) is 85.1 Å². The van der Waals surface area contributed by atoms with E-state index in [0.29, 0.717) is 5.75 Å². The van der Waals surface area contributed by atoms with Crippen molar-refractivity contribution in [2.24, 2.45) is 7.05 Å². The number of anilines is 1. The monoisotopic (exact) mass is 457 g/mol. The molecule has 0 aliphatic rings. The Morgan fingerprint density at radius 3 is 2.73 bits per heavy atom. The van der Waals surface area contributed by atoms with Crippen LogP contribution in [0.25, 0.3) is 21.5 Å². The molecule has 0 aliphatic carbocycles. The van der Waals surface area contributed by atoms with Gasteiger partial charge in [0.05, 0.1) is 34.8 Å². The van der Waals surface area contributed by atoms with E-state index in [4.69, 9.17) is 4.74 Å². The summed E-state index contributed by atoms with van der Waals surface area (Å²) >= 11 is 1.54. The van der Waals surface area contributed by atoms with Gasteiger partial charge >= 0.3 is 0 Å². The van der Waals surface area contributed by atoms with E-state index in [1.165, 1.54) is 5.56 Å². The molecule has 0 bridgehead atoms. The number of thiazole rings is 1. The largest absolute Gasteiger partial charge is 0.457 e. The van der Waals surface area contributed by atoms with E-state index >= 15 is 0 Å². The van der Waals surface area contributed by atoms with Gasteiger partial charge < -0.3 is 15.2 Å². The quantitative estimate of drug-likeness (QED) is 0.345. The van der Waals surface area contributed by atoms with Crippen LogP contribution in [-0.4, -0.2) is 37.5 Å². The van der Waals surface area contributed by atoms with E-state index < -0.39 is 0 Å². The van der Waals surface area contributed by atoms with E-state index in [9.17, 15) is 5.11 Å². The number of benzene rings is 2. The highest BCUT2D eigenvalue weighted by Crippen LogP contribution is 2.32. The second kappa shape index (κ2) is 9.40. The molecule has 5 aromatic rings. The lowest BCUT2D eigenvalue weighted by Crippen LogP contribution is -2.26. The maximum absolute atomic E-state index is 9.82. The van der Waals surface area contributed by atoms with Crippen molar-refractivity contribution in [3.63, 3.8) is 0 Å². The third-order valence-corrected chi connectivity index (χ3v) is 6.15. The van der Waals surface area contributed by atoms with Crippen LogP contribution >= 0.6 is 11.3 Å². The average Bonchev–Trinajstić information content (AvgIpc) is 3.45. The Morgan fingerprint density at radius 1 is 1.09 bits per heavy atom. The van der Waals surface area contributed by atoms with Gasteiger partial charge in [-0.1, -0.05) is 41.7 Å². The standard InChI is InChI=1S/C25H23N5O2S/c1-30-15-18(14-27-30)23-12-21(9-10-26-23)32-20-7-8-22-24(13-20)33-25(29-22)28-19(16-31)11-17-5-3-2-4-6-17/h2-10,12-15,19,31H,11,16H2,1H3,(H,28,29). The van der Waals surface area contributed by atoms with Crippen molar-refractivity contribution in [2.75, 3.05) is 11.9 Å². The van der Waals surface area contributed by atoms with Crippen LogP contribution in [0, 0.1) is 0 Å². The highest BCUT2D eigenvalue weighted by Gasteiger charge is 2.13. The SMILES string of the molecule is Cn1cc(-c2cc(Oc3ccc4nc(NC(CO)Cc5ccccc5)sc4c3)ccn2)cn1. The van der Waals surface area contributed by atoms with E-state index in [0.717, 1.165) is 38.8 Å². The molecule has 0 amide bonds. The zero-order valence-electron chi connectivity index (χ0n) is 18.0. The normalized spacial score (nSPS) is 12.1. The number of ether oxygens (including phenoxy) is 1. The number of nitrogens with one attached hydrogen (secondary N) is 1. The summed E-state index contributed by atoms with van der Waals surface area (Å²) in [6.07, 6.45) is 6.15. The van der Waals surface area contributed by atoms with Gasteiger partial charge in [-0.15, -0.1) is 0 Å². The van der Waals surface area contributed by atoms with Crippen LogP contribution in [0.2, 0.25) is 0 Å². The number of nitrogens with zero attached hydrogens (tertiary/aromatic N) is 4. The summed E-state index contributed by atoms with van der Waals surface area (Å²) in [5.41, 5.74) is 3.80. The van der Waals surface area contributed by atoms with Crippen molar-refractivity contribution in [3.05, 3.63) is 84.8 Å². The molecule has 5 rings (SSSR count). The molecule has 3 aromatic heterocycles. The maximum Gasteiger partial charge on any atom is 0.184 e. The molecule has 0 aliphatic heterocycles.